The van der Waals surface area contributed by atoms with Gasteiger partial charge in [0.05, 0.1) is 0 Å². The molecule has 0 amide bonds. The lowest BCUT2D eigenvalue weighted by Crippen LogP contribution is -2.40. The van der Waals surface area contributed by atoms with E-state index in [-0.39, 0.29) is 23.9 Å². The third-order valence-corrected chi connectivity index (χ3v) is 10.1. The summed E-state index contributed by atoms with van der Waals surface area (Å²) in [5.74, 6) is 3.97. The summed E-state index contributed by atoms with van der Waals surface area (Å²) in [6.45, 7) is 5.56. The summed E-state index contributed by atoms with van der Waals surface area (Å²) < 4.78 is 12.5. The third kappa shape index (κ3) is 11.4. The van der Waals surface area contributed by atoms with Gasteiger partial charge in [0.2, 0.25) is 0 Å². The van der Waals surface area contributed by atoms with Crippen molar-refractivity contribution in [3.8, 4) is 23.0 Å². The summed E-state index contributed by atoms with van der Waals surface area (Å²) in [6, 6.07) is 31.1. The third-order valence-electron chi connectivity index (χ3n) is 9.07. The number of hydrogen-bond acceptors (Lipinski definition) is 6. The van der Waals surface area contributed by atoms with Crippen LogP contribution in [0.4, 0.5) is 0 Å². The molecule has 5 rings (SSSR count). The second kappa shape index (κ2) is 20.3. The summed E-state index contributed by atoms with van der Waals surface area (Å²) in [7, 11) is 0. The molecule has 0 aromatic heterocycles. The van der Waals surface area contributed by atoms with E-state index in [1.807, 2.05) is 54.2 Å². The highest BCUT2D eigenvalue weighted by molar-refractivity contribution is 7.99. The molecule has 258 valence electrons. The molecule has 1 unspecified atom stereocenters. The number of phenolic OH excluding ortho intramolecular Hbond substituents is 2. The van der Waals surface area contributed by atoms with Crippen LogP contribution in [0.5, 0.6) is 23.0 Å². The van der Waals surface area contributed by atoms with Gasteiger partial charge in [-0.1, -0.05) is 92.6 Å². The van der Waals surface area contributed by atoms with Crippen molar-refractivity contribution in [1.82, 2.24) is 4.90 Å². The minimum atomic E-state index is 0. The van der Waals surface area contributed by atoms with Gasteiger partial charge in [-0.3, -0.25) is 0 Å². The normalized spacial score (nSPS) is 13.9. The van der Waals surface area contributed by atoms with E-state index in [4.69, 9.17) is 9.47 Å². The highest BCUT2D eigenvalue weighted by Gasteiger charge is 2.26. The van der Waals surface area contributed by atoms with Gasteiger partial charge in [-0.2, -0.15) is 11.8 Å². The van der Waals surface area contributed by atoms with Gasteiger partial charge in [-0.25, -0.2) is 0 Å². The van der Waals surface area contributed by atoms with Gasteiger partial charge < -0.3 is 24.6 Å². The zero-order chi connectivity index (χ0) is 32.7. The number of nitrogens with zero attached hydrogens (tertiary/aromatic N) is 1. The molecule has 0 saturated heterocycles. The van der Waals surface area contributed by atoms with E-state index >= 15 is 0 Å². The van der Waals surface area contributed by atoms with E-state index in [2.05, 4.69) is 54.3 Å². The lowest BCUT2D eigenvalue weighted by Gasteiger charge is -2.35. The van der Waals surface area contributed by atoms with Crippen LogP contribution in [0.3, 0.4) is 0 Å². The molecule has 0 bridgehead atoms. The predicted octanol–water partition coefficient (Wildman–Crippen LogP) is 9.78. The van der Waals surface area contributed by atoms with E-state index in [9.17, 15) is 10.2 Å². The van der Waals surface area contributed by atoms with Crippen LogP contribution in [0.1, 0.15) is 73.3 Å². The number of ether oxygens (including phenoxy) is 2. The molecule has 0 spiro atoms. The Morgan fingerprint density at radius 3 is 2.12 bits per heavy atom. The molecule has 48 heavy (non-hydrogen) atoms. The lowest BCUT2D eigenvalue weighted by atomic mass is 9.86. The molecule has 4 aromatic rings. The summed E-state index contributed by atoms with van der Waals surface area (Å²) in [5.41, 5.74) is 5.69. The van der Waals surface area contributed by atoms with E-state index < -0.39 is 0 Å². The standard InChI is InChI=1S/C41H51NO4S.ClH/c1-2-24-42(36-19-20-37-35(29-36)18-21-38(43)41(37)44)25-11-3-4-12-26-47-27-23-32-17-22-39(45-30-33-13-7-5-8-14-33)40(28-32)46-31-34-15-9-6-10-16-34;/h5-10,13-18,21-22,28,36,43-44H,2-4,11-12,19-20,23-27,29-31H2,1H3;1H. The highest BCUT2D eigenvalue weighted by atomic mass is 35.5. The second-order valence-corrected chi connectivity index (χ2v) is 13.8. The van der Waals surface area contributed by atoms with E-state index in [0.717, 1.165) is 79.1 Å². The quantitative estimate of drug-likeness (QED) is 0.0755. The molecule has 0 heterocycles. The van der Waals surface area contributed by atoms with Gasteiger partial charge in [-0.05, 0) is 110 Å². The fourth-order valence-corrected chi connectivity index (χ4v) is 7.45. The van der Waals surface area contributed by atoms with Crippen molar-refractivity contribution in [2.75, 3.05) is 24.6 Å². The van der Waals surface area contributed by atoms with Crippen LogP contribution >= 0.6 is 24.2 Å². The first kappa shape index (κ1) is 37.5. The Hall–Kier alpha value is -3.32. The van der Waals surface area contributed by atoms with Crippen LogP contribution in [-0.2, 0) is 32.5 Å². The number of benzene rings is 4. The van der Waals surface area contributed by atoms with Gasteiger partial charge in [0.15, 0.2) is 23.0 Å². The molecule has 5 nitrogen and oxygen atoms in total. The zero-order valence-corrected chi connectivity index (χ0v) is 30.0. The molecule has 0 saturated carbocycles. The van der Waals surface area contributed by atoms with Crippen molar-refractivity contribution in [1.29, 1.82) is 0 Å². The van der Waals surface area contributed by atoms with Crippen molar-refractivity contribution in [2.24, 2.45) is 0 Å². The molecule has 4 aromatic carbocycles. The Morgan fingerprint density at radius 1 is 0.729 bits per heavy atom. The first-order valence-electron chi connectivity index (χ1n) is 17.4. The van der Waals surface area contributed by atoms with Gasteiger partial charge in [0.1, 0.15) is 13.2 Å². The number of aryl methyl sites for hydroxylation is 1. The molecular weight excluding hydrogens is 638 g/mol. The number of rotatable bonds is 19. The average molecular weight is 690 g/mol. The minimum absolute atomic E-state index is 0. The van der Waals surface area contributed by atoms with Crippen molar-refractivity contribution in [2.45, 2.75) is 84.0 Å². The summed E-state index contributed by atoms with van der Waals surface area (Å²) in [5, 5.41) is 20.1. The summed E-state index contributed by atoms with van der Waals surface area (Å²) in [4.78, 5) is 2.66. The van der Waals surface area contributed by atoms with E-state index in [0.29, 0.717) is 19.3 Å². The van der Waals surface area contributed by atoms with Crippen LogP contribution in [0.2, 0.25) is 0 Å². The Labute approximate surface area is 298 Å². The summed E-state index contributed by atoms with van der Waals surface area (Å²) in [6.07, 6.45) is 10.1. The molecule has 7 heteroatoms. The molecular formula is C41H52ClNO4S. The number of hydrogen-bond donors (Lipinski definition) is 2. The number of unbranched alkanes of at least 4 members (excludes halogenated alkanes) is 3. The molecule has 0 aliphatic heterocycles. The van der Waals surface area contributed by atoms with E-state index in [1.54, 1.807) is 6.07 Å². The second-order valence-electron chi connectivity index (χ2n) is 12.6. The first-order valence-corrected chi connectivity index (χ1v) is 18.6. The Kier molecular flexibility index (Phi) is 15.8. The summed E-state index contributed by atoms with van der Waals surface area (Å²) >= 11 is 2.05. The first-order chi connectivity index (χ1) is 23.1. The van der Waals surface area contributed by atoms with Crippen LogP contribution < -0.4 is 9.47 Å². The number of aromatic hydroxyl groups is 2. The largest absolute Gasteiger partial charge is 0.504 e. The Morgan fingerprint density at radius 2 is 1.42 bits per heavy atom. The van der Waals surface area contributed by atoms with Gasteiger partial charge >= 0.3 is 0 Å². The van der Waals surface area contributed by atoms with Crippen LogP contribution in [0, 0.1) is 0 Å². The number of fused-ring (bicyclic) bond motifs is 1. The van der Waals surface area contributed by atoms with Crippen LogP contribution in [-0.4, -0.2) is 45.8 Å². The fraction of sp³-hybridized carbons (Fsp3) is 0.415. The molecule has 1 atom stereocenters. The highest BCUT2D eigenvalue weighted by Crippen LogP contribution is 2.37. The predicted molar refractivity (Wildman–Crippen MR) is 202 cm³/mol. The maximum atomic E-state index is 10.3. The molecule has 0 radical (unpaired) electrons. The van der Waals surface area contributed by atoms with E-state index in [1.165, 1.54) is 42.6 Å². The monoisotopic (exact) mass is 689 g/mol. The van der Waals surface area contributed by atoms with Crippen molar-refractivity contribution in [3.63, 3.8) is 0 Å². The number of phenols is 2. The minimum Gasteiger partial charge on any atom is -0.504 e. The SMILES string of the molecule is CCCN(CCCCCCSCCc1ccc(OCc2ccccc2)c(OCc2ccccc2)c1)C1CCc2c(ccc(O)c2O)C1.Cl. The van der Waals surface area contributed by atoms with Gasteiger partial charge in [0.25, 0.3) is 0 Å². The topological polar surface area (TPSA) is 62.2 Å². The Bertz CT molecular complexity index is 1500. The van der Waals surface area contributed by atoms with Crippen molar-refractivity contribution < 1.29 is 19.7 Å². The zero-order valence-electron chi connectivity index (χ0n) is 28.3. The maximum absolute atomic E-state index is 10.3. The molecule has 1 aliphatic rings. The smallest absolute Gasteiger partial charge is 0.161 e. The molecule has 2 N–H and O–H groups in total. The van der Waals surface area contributed by atoms with Gasteiger partial charge in [0, 0.05) is 11.6 Å². The molecule has 1 aliphatic carbocycles. The fourth-order valence-electron chi connectivity index (χ4n) is 6.45. The number of thioether (sulfide) groups is 1. The van der Waals surface area contributed by atoms with Crippen LogP contribution in [0.15, 0.2) is 91.0 Å². The Balaban J connectivity index is 0.00000520. The van der Waals surface area contributed by atoms with Crippen molar-refractivity contribution >= 4 is 24.2 Å². The number of halogens is 1. The molecule has 0 fully saturated rings. The van der Waals surface area contributed by atoms with Gasteiger partial charge in [-0.15, -0.1) is 12.4 Å². The average Bonchev–Trinajstić information content (AvgIpc) is 3.11. The van der Waals surface area contributed by atoms with Crippen LogP contribution in [0.25, 0.3) is 0 Å². The lowest BCUT2D eigenvalue weighted by molar-refractivity contribution is 0.175. The maximum Gasteiger partial charge on any atom is 0.161 e. The van der Waals surface area contributed by atoms with Crippen molar-refractivity contribution in [3.05, 3.63) is 119 Å².